The van der Waals surface area contributed by atoms with E-state index in [0.717, 1.165) is 0 Å². The molecule has 0 saturated carbocycles. The van der Waals surface area contributed by atoms with Gasteiger partial charge >= 0.3 is 0 Å². The van der Waals surface area contributed by atoms with E-state index in [0.29, 0.717) is 33.5 Å². The molecule has 132 valence electrons. The molecule has 0 aliphatic heterocycles. The summed E-state index contributed by atoms with van der Waals surface area (Å²) in [6, 6.07) is 7.75. The predicted octanol–water partition coefficient (Wildman–Crippen LogP) is 4.22. The standard InChI is InChI=1S/C17H16Cl2N2O4/c1-9(22)20-14-5-4-11(8-12(14)18)21-17(23)10-6-13(19)16(25-3)15(7-10)24-2/h4-8H,1-3H3,(H,20,22)(H,21,23). The number of halogens is 2. The van der Waals surface area contributed by atoms with Crippen LogP contribution in [-0.2, 0) is 4.79 Å². The van der Waals surface area contributed by atoms with Crippen molar-refractivity contribution in [2.45, 2.75) is 6.92 Å². The topological polar surface area (TPSA) is 76.7 Å². The van der Waals surface area contributed by atoms with E-state index in [1.807, 2.05) is 0 Å². The minimum atomic E-state index is -0.397. The number of ether oxygens (including phenoxy) is 2. The molecule has 2 N–H and O–H groups in total. The van der Waals surface area contributed by atoms with Crippen molar-refractivity contribution in [1.82, 2.24) is 0 Å². The van der Waals surface area contributed by atoms with Gasteiger partial charge in [-0.15, -0.1) is 0 Å². The molecule has 0 spiro atoms. The zero-order chi connectivity index (χ0) is 18.6. The lowest BCUT2D eigenvalue weighted by atomic mass is 10.1. The van der Waals surface area contributed by atoms with Crippen LogP contribution in [-0.4, -0.2) is 26.0 Å². The summed E-state index contributed by atoms with van der Waals surface area (Å²) in [6.45, 7) is 1.38. The summed E-state index contributed by atoms with van der Waals surface area (Å²) in [6.07, 6.45) is 0. The quantitative estimate of drug-likeness (QED) is 0.811. The maximum Gasteiger partial charge on any atom is 0.255 e. The maximum absolute atomic E-state index is 12.4. The molecule has 0 unspecified atom stereocenters. The number of amides is 2. The van der Waals surface area contributed by atoms with Gasteiger partial charge in [0.25, 0.3) is 5.91 Å². The third-order valence-corrected chi connectivity index (χ3v) is 3.83. The normalized spacial score (nSPS) is 10.1. The van der Waals surface area contributed by atoms with Gasteiger partial charge in [-0.2, -0.15) is 0 Å². The second-order valence-electron chi connectivity index (χ2n) is 5.02. The van der Waals surface area contributed by atoms with E-state index in [9.17, 15) is 9.59 Å². The van der Waals surface area contributed by atoms with E-state index in [4.69, 9.17) is 32.7 Å². The van der Waals surface area contributed by atoms with Crippen LogP contribution in [0.4, 0.5) is 11.4 Å². The van der Waals surface area contributed by atoms with Gasteiger partial charge in [0.15, 0.2) is 11.5 Å². The fourth-order valence-corrected chi connectivity index (χ4v) is 2.65. The average Bonchev–Trinajstić information content (AvgIpc) is 2.56. The van der Waals surface area contributed by atoms with E-state index in [1.165, 1.54) is 39.3 Å². The van der Waals surface area contributed by atoms with Gasteiger partial charge in [-0.25, -0.2) is 0 Å². The minimum absolute atomic E-state index is 0.237. The first-order chi connectivity index (χ1) is 11.8. The Morgan fingerprint density at radius 3 is 2.24 bits per heavy atom. The van der Waals surface area contributed by atoms with E-state index < -0.39 is 5.91 Å². The minimum Gasteiger partial charge on any atom is -0.493 e. The molecule has 0 heterocycles. The van der Waals surface area contributed by atoms with Crippen molar-refractivity contribution in [2.24, 2.45) is 0 Å². The Kier molecular flexibility index (Phi) is 6.12. The molecule has 2 amide bonds. The molecule has 2 rings (SSSR count). The van der Waals surface area contributed by atoms with Crippen LogP contribution in [0.15, 0.2) is 30.3 Å². The van der Waals surface area contributed by atoms with Crippen LogP contribution in [0.1, 0.15) is 17.3 Å². The first-order valence-corrected chi connectivity index (χ1v) is 7.91. The number of carbonyl (C=O) groups excluding carboxylic acids is 2. The number of nitrogens with one attached hydrogen (secondary N) is 2. The Morgan fingerprint density at radius 2 is 1.68 bits per heavy atom. The number of methoxy groups -OCH3 is 2. The molecular formula is C17H16Cl2N2O4. The molecule has 0 bridgehead atoms. The molecule has 0 saturated heterocycles. The van der Waals surface area contributed by atoms with Gasteiger partial charge in [-0.05, 0) is 30.3 Å². The average molecular weight is 383 g/mol. The van der Waals surface area contributed by atoms with Crippen molar-refractivity contribution in [1.29, 1.82) is 0 Å². The highest BCUT2D eigenvalue weighted by Gasteiger charge is 2.16. The molecule has 6 nitrogen and oxygen atoms in total. The molecular weight excluding hydrogens is 367 g/mol. The summed E-state index contributed by atoms with van der Waals surface area (Å²) in [5.41, 5.74) is 1.22. The monoisotopic (exact) mass is 382 g/mol. The molecule has 2 aromatic carbocycles. The summed E-state index contributed by atoms with van der Waals surface area (Å²) >= 11 is 12.2. The van der Waals surface area contributed by atoms with Gasteiger partial charge in [-0.3, -0.25) is 9.59 Å². The van der Waals surface area contributed by atoms with Gasteiger partial charge in [0, 0.05) is 18.2 Å². The molecule has 25 heavy (non-hydrogen) atoms. The summed E-state index contributed by atoms with van der Waals surface area (Å²) in [5, 5.41) is 5.85. The number of hydrogen-bond acceptors (Lipinski definition) is 4. The number of benzene rings is 2. The predicted molar refractivity (Wildman–Crippen MR) is 98.3 cm³/mol. The largest absolute Gasteiger partial charge is 0.493 e. The molecule has 0 aliphatic rings. The first kappa shape index (κ1) is 18.9. The second-order valence-corrected chi connectivity index (χ2v) is 5.84. The molecule has 0 fully saturated rings. The zero-order valence-corrected chi connectivity index (χ0v) is 15.3. The molecule has 0 aromatic heterocycles. The van der Waals surface area contributed by atoms with Crippen LogP contribution < -0.4 is 20.1 Å². The fraction of sp³-hybridized carbons (Fsp3) is 0.176. The number of carbonyl (C=O) groups is 2. The lowest BCUT2D eigenvalue weighted by Gasteiger charge is -2.12. The first-order valence-electron chi connectivity index (χ1n) is 7.15. The van der Waals surface area contributed by atoms with Gasteiger partial charge in [0.05, 0.1) is 30.0 Å². The highest BCUT2D eigenvalue weighted by molar-refractivity contribution is 6.34. The van der Waals surface area contributed by atoms with Crippen molar-refractivity contribution < 1.29 is 19.1 Å². The maximum atomic E-state index is 12.4. The molecule has 0 radical (unpaired) electrons. The Morgan fingerprint density at radius 1 is 0.960 bits per heavy atom. The van der Waals surface area contributed by atoms with Crippen molar-refractivity contribution in [3.63, 3.8) is 0 Å². The lowest BCUT2D eigenvalue weighted by molar-refractivity contribution is -0.114. The summed E-state index contributed by atoms with van der Waals surface area (Å²) < 4.78 is 10.3. The number of rotatable bonds is 5. The van der Waals surface area contributed by atoms with Gasteiger partial charge < -0.3 is 20.1 Å². The van der Waals surface area contributed by atoms with E-state index in [-0.39, 0.29) is 10.9 Å². The van der Waals surface area contributed by atoms with Gasteiger partial charge in [0.2, 0.25) is 5.91 Å². The molecule has 8 heteroatoms. The summed E-state index contributed by atoms with van der Waals surface area (Å²) in [5.74, 6) is 0.0625. The van der Waals surface area contributed by atoms with E-state index in [2.05, 4.69) is 10.6 Å². The van der Waals surface area contributed by atoms with Crippen molar-refractivity contribution in [3.8, 4) is 11.5 Å². The van der Waals surface area contributed by atoms with E-state index >= 15 is 0 Å². The smallest absolute Gasteiger partial charge is 0.255 e. The molecule has 2 aromatic rings. The van der Waals surface area contributed by atoms with Crippen LogP contribution in [0.3, 0.4) is 0 Å². The van der Waals surface area contributed by atoms with Gasteiger partial charge in [-0.1, -0.05) is 23.2 Å². The molecule has 0 aliphatic carbocycles. The summed E-state index contributed by atoms with van der Waals surface area (Å²) in [4.78, 5) is 23.5. The van der Waals surface area contributed by atoms with E-state index in [1.54, 1.807) is 12.1 Å². The Bertz CT molecular complexity index is 825. The SMILES string of the molecule is COc1cc(C(=O)Nc2ccc(NC(C)=O)c(Cl)c2)cc(Cl)c1OC. The van der Waals surface area contributed by atoms with Crippen LogP contribution in [0.5, 0.6) is 11.5 Å². The fourth-order valence-electron chi connectivity index (χ4n) is 2.14. The Labute approximate surface area is 155 Å². The highest BCUT2D eigenvalue weighted by atomic mass is 35.5. The van der Waals surface area contributed by atoms with Crippen LogP contribution in [0.2, 0.25) is 10.0 Å². The number of hydrogen-bond donors (Lipinski definition) is 2. The van der Waals surface area contributed by atoms with Crippen molar-refractivity contribution in [2.75, 3.05) is 24.9 Å². The highest BCUT2D eigenvalue weighted by Crippen LogP contribution is 2.36. The van der Waals surface area contributed by atoms with Gasteiger partial charge in [0.1, 0.15) is 0 Å². The van der Waals surface area contributed by atoms with Crippen molar-refractivity contribution >= 4 is 46.4 Å². The zero-order valence-electron chi connectivity index (χ0n) is 13.8. The van der Waals surface area contributed by atoms with Crippen LogP contribution >= 0.6 is 23.2 Å². The second kappa shape index (κ2) is 8.09. The third kappa shape index (κ3) is 4.55. The Balaban J connectivity index is 2.24. The Hall–Kier alpha value is -2.44. The lowest BCUT2D eigenvalue weighted by Crippen LogP contribution is -2.13. The van der Waals surface area contributed by atoms with Crippen LogP contribution in [0.25, 0.3) is 0 Å². The summed E-state index contributed by atoms with van der Waals surface area (Å²) in [7, 11) is 2.92. The third-order valence-electron chi connectivity index (χ3n) is 3.23. The van der Waals surface area contributed by atoms with Crippen molar-refractivity contribution in [3.05, 3.63) is 45.9 Å². The van der Waals surface area contributed by atoms with Crippen LogP contribution in [0, 0.1) is 0 Å². The number of anilines is 2. The molecule has 0 atom stereocenters.